The van der Waals surface area contributed by atoms with Crippen molar-refractivity contribution < 1.29 is 9.21 Å². The molecule has 1 N–H and O–H groups in total. The van der Waals surface area contributed by atoms with Crippen LogP contribution in [0.5, 0.6) is 0 Å². The van der Waals surface area contributed by atoms with Gasteiger partial charge >= 0.3 is 0 Å². The highest BCUT2D eigenvalue weighted by Crippen LogP contribution is 2.27. The summed E-state index contributed by atoms with van der Waals surface area (Å²) in [4.78, 5) is 23.0. The Labute approximate surface area is 162 Å². The Morgan fingerprint density at radius 3 is 2.92 bits per heavy atom. The summed E-state index contributed by atoms with van der Waals surface area (Å²) in [5.74, 6) is 1.67. The molecule has 0 bridgehead atoms. The van der Waals surface area contributed by atoms with Crippen LogP contribution < -0.4 is 10.2 Å². The van der Waals surface area contributed by atoms with Gasteiger partial charge in [0.25, 0.3) is 0 Å². The van der Waals surface area contributed by atoms with Crippen LogP contribution >= 0.6 is 23.4 Å². The zero-order valence-electron chi connectivity index (χ0n) is 14.8. The van der Waals surface area contributed by atoms with Crippen molar-refractivity contribution in [2.75, 3.05) is 17.7 Å². The number of carbonyl (C=O) groups is 1. The molecule has 1 aliphatic carbocycles. The molecule has 1 amide bonds. The number of anilines is 1. The fourth-order valence-electron chi connectivity index (χ4n) is 3.07. The van der Waals surface area contributed by atoms with Gasteiger partial charge in [0.05, 0.1) is 18.6 Å². The molecule has 140 valence electrons. The third-order valence-corrected chi connectivity index (χ3v) is 5.56. The Morgan fingerprint density at radius 1 is 1.38 bits per heavy atom. The maximum Gasteiger partial charge on any atom is 0.230 e. The molecule has 2 aromatic rings. The molecule has 1 fully saturated rings. The van der Waals surface area contributed by atoms with Crippen LogP contribution in [0.3, 0.4) is 0 Å². The molecule has 2 aromatic heterocycles. The van der Waals surface area contributed by atoms with Crippen molar-refractivity contribution in [2.45, 2.75) is 49.8 Å². The van der Waals surface area contributed by atoms with Crippen molar-refractivity contribution in [3.8, 4) is 0 Å². The van der Waals surface area contributed by atoms with E-state index < -0.39 is 0 Å². The first-order chi connectivity index (χ1) is 12.6. The Morgan fingerprint density at radius 2 is 2.19 bits per heavy atom. The third kappa shape index (κ3) is 5.38. The minimum absolute atomic E-state index is 0.0999. The van der Waals surface area contributed by atoms with Crippen LogP contribution in [0.25, 0.3) is 0 Å². The van der Waals surface area contributed by atoms with Gasteiger partial charge in [-0.3, -0.25) is 4.79 Å². The van der Waals surface area contributed by atoms with E-state index in [-0.39, 0.29) is 11.7 Å². The second-order valence-corrected chi connectivity index (χ2v) is 7.71. The van der Waals surface area contributed by atoms with Crippen LogP contribution in [-0.4, -0.2) is 34.7 Å². The molecule has 3 rings (SSSR count). The van der Waals surface area contributed by atoms with Gasteiger partial charge in [-0.25, -0.2) is 9.97 Å². The lowest BCUT2D eigenvalue weighted by Crippen LogP contribution is -2.34. The molecule has 8 heteroatoms. The average Bonchev–Trinajstić information content (AvgIpc) is 3.18. The normalized spacial score (nSPS) is 15.0. The van der Waals surface area contributed by atoms with Crippen LogP contribution in [-0.2, 0) is 11.3 Å². The number of furan rings is 1. The second-order valence-electron chi connectivity index (χ2n) is 6.38. The van der Waals surface area contributed by atoms with Crippen LogP contribution in [0.4, 0.5) is 5.82 Å². The SMILES string of the molecule is CN(c1cc(Cl)nc(SCC(=O)NCc2ccco2)n1)C1CCCCC1. The summed E-state index contributed by atoms with van der Waals surface area (Å²) in [6, 6.07) is 5.89. The highest BCUT2D eigenvalue weighted by Gasteiger charge is 2.20. The van der Waals surface area contributed by atoms with Crippen molar-refractivity contribution in [1.29, 1.82) is 0 Å². The minimum Gasteiger partial charge on any atom is -0.467 e. The Hall–Kier alpha value is -1.73. The number of nitrogens with one attached hydrogen (secondary N) is 1. The smallest absolute Gasteiger partial charge is 0.230 e. The van der Waals surface area contributed by atoms with E-state index in [1.54, 1.807) is 18.4 Å². The zero-order valence-corrected chi connectivity index (χ0v) is 16.4. The summed E-state index contributed by atoms with van der Waals surface area (Å²) in [5, 5.41) is 3.72. The van der Waals surface area contributed by atoms with Gasteiger partial charge in [0.2, 0.25) is 5.91 Å². The first-order valence-corrected chi connectivity index (χ1v) is 10.2. The topological polar surface area (TPSA) is 71.3 Å². The van der Waals surface area contributed by atoms with Crippen LogP contribution in [0.2, 0.25) is 5.15 Å². The van der Waals surface area contributed by atoms with Gasteiger partial charge < -0.3 is 14.6 Å². The van der Waals surface area contributed by atoms with E-state index >= 15 is 0 Å². The van der Waals surface area contributed by atoms with Crippen LogP contribution in [0.15, 0.2) is 34.0 Å². The van der Waals surface area contributed by atoms with Crippen LogP contribution in [0.1, 0.15) is 37.9 Å². The Kier molecular flexibility index (Phi) is 6.80. The summed E-state index contributed by atoms with van der Waals surface area (Å²) in [5.41, 5.74) is 0. The molecule has 2 heterocycles. The quantitative estimate of drug-likeness (QED) is 0.436. The fraction of sp³-hybridized carbons (Fsp3) is 0.500. The highest BCUT2D eigenvalue weighted by molar-refractivity contribution is 7.99. The monoisotopic (exact) mass is 394 g/mol. The van der Waals surface area contributed by atoms with Gasteiger partial charge in [-0.05, 0) is 25.0 Å². The maximum atomic E-state index is 12.0. The third-order valence-electron chi connectivity index (χ3n) is 4.52. The number of thioether (sulfide) groups is 1. The predicted molar refractivity (Wildman–Crippen MR) is 104 cm³/mol. The zero-order chi connectivity index (χ0) is 18.4. The number of halogens is 1. The molecule has 0 aliphatic heterocycles. The van der Waals surface area contributed by atoms with Gasteiger partial charge in [-0.15, -0.1) is 0 Å². The number of rotatable bonds is 7. The number of hydrogen-bond donors (Lipinski definition) is 1. The lowest BCUT2D eigenvalue weighted by Gasteiger charge is -2.32. The molecule has 1 aliphatic rings. The van der Waals surface area contributed by atoms with E-state index in [0.717, 1.165) is 11.6 Å². The standard InChI is InChI=1S/C18H23ClN4O2S/c1-23(13-6-3-2-4-7-13)16-10-15(19)21-18(22-16)26-12-17(24)20-11-14-8-5-9-25-14/h5,8-10,13H,2-4,6-7,11-12H2,1H3,(H,20,24). The fourth-order valence-corrected chi connectivity index (χ4v) is 3.98. The molecule has 26 heavy (non-hydrogen) atoms. The molecule has 0 spiro atoms. The van der Waals surface area contributed by atoms with Crippen molar-refractivity contribution >= 4 is 35.1 Å². The molecule has 1 saturated carbocycles. The van der Waals surface area contributed by atoms with Crippen molar-refractivity contribution in [1.82, 2.24) is 15.3 Å². The van der Waals surface area contributed by atoms with E-state index in [0.29, 0.717) is 22.9 Å². The lowest BCUT2D eigenvalue weighted by atomic mass is 9.94. The molecule has 0 radical (unpaired) electrons. The minimum atomic E-state index is -0.0999. The maximum absolute atomic E-state index is 12.0. The Bertz CT molecular complexity index is 720. The predicted octanol–water partition coefficient (Wildman–Crippen LogP) is 3.90. The van der Waals surface area contributed by atoms with E-state index in [2.05, 4.69) is 27.2 Å². The van der Waals surface area contributed by atoms with Gasteiger partial charge in [-0.2, -0.15) is 0 Å². The van der Waals surface area contributed by atoms with Crippen molar-refractivity contribution in [2.24, 2.45) is 0 Å². The molecule has 0 unspecified atom stereocenters. The second kappa shape index (κ2) is 9.28. The largest absolute Gasteiger partial charge is 0.467 e. The van der Waals surface area contributed by atoms with Crippen LogP contribution in [0, 0.1) is 0 Å². The van der Waals surface area contributed by atoms with Crippen molar-refractivity contribution in [3.05, 3.63) is 35.4 Å². The number of carbonyl (C=O) groups excluding carboxylic acids is 1. The number of nitrogens with zero attached hydrogens (tertiary/aromatic N) is 3. The molecule has 0 saturated heterocycles. The molecular weight excluding hydrogens is 372 g/mol. The van der Waals surface area contributed by atoms with E-state index in [1.165, 1.54) is 43.9 Å². The summed E-state index contributed by atoms with van der Waals surface area (Å²) in [6.07, 6.45) is 7.76. The first-order valence-electron chi connectivity index (χ1n) is 8.81. The molecule has 0 aromatic carbocycles. The van der Waals surface area contributed by atoms with E-state index in [4.69, 9.17) is 16.0 Å². The number of aromatic nitrogens is 2. The summed E-state index contributed by atoms with van der Waals surface area (Å²) >= 11 is 7.46. The molecule has 0 atom stereocenters. The van der Waals surface area contributed by atoms with E-state index in [1.807, 2.05) is 6.07 Å². The first kappa shape index (κ1) is 19.0. The van der Waals surface area contributed by atoms with Gasteiger partial charge in [-0.1, -0.05) is 42.6 Å². The van der Waals surface area contributed by atoms with Crippen molar-refractivity contribution in [3.63, 3.8) is 0 Å². The average molecular weight is 395 g/mol. The highest BCUT2D eigenvalue weighted by atomic mass is 35.5. The van der Waals surface area contributed by atoms with E-state index in [9.17, 15) is 4.79 Å². The molecular formula is C18H23ClN4O2S. The lowest BCUT2D eigenvalue weighted by molar-refractivity contribution is -0.118. The molecule has 6 nitrogen and oxygen atoms in total. The summed E-state index contributed by atoms with van der Waals surface area (Å²) in [6.45, 7) is 0.373. The Balaban J connectivity index is 1.55. The van der Waals surface area contributed by atoms with Gasteiger partial charge in [0, 0.05) is 19.2 Å². The summed E-state index contributed by atoms with van der Waals surface area (Å²) < 4.78 is 5.19. The van der Waals surface area contributed by atoms with Gasteiger partial charge in [0.15, 0.2) is 5.16 Å². The van der Waals surface area contributed by atoms with Gasteiger partial charge in [0.1, 0.15) is 16.7 Å². The number of hydrogen-bond acceptors (Lipinski definition) is 6. The summed E-state index contributed by atoms with van der Waals surface area (Å²) in [7, 11) is 2.05. The number of amides is 1.